The molecule has 0 aliphatic carbocycles. The average molecular weight is 352 g/mol. The second-order valence-electron chi connectivity index (χ2n) is 5.92. The van der Waals surface area contributed by atoms with E-state index >= 15 is 0 Å². The highest BCUT2D eigenvalue weighted by Crippen LogP contribution is 2.33. The molecule has 0 N–H and O–H groups in total. The van der Waals surface area contributed by atoms with Gasteiger partial charge in [-0.2, -0.15) is 4.98 Å². The molecule has 1 heterocycles. The van der Waals surface area contributed by atoms with E-state index in [9.17, 15) is 10.1 Å². The van der Waals surface area contributed by atoms with Crippen LogP contribution in [-0.4, -0.2) is 28.2 Å². The topological polar surface area (TPSA) is 85.3 Å². The molecule has 0 unspecified atom stereocenters. The van der Waals surface area contributed by atoms with Gasteiger partial charge in [-0.1, -0.05) is 35.0 Å². The van der Waals surface area contributed by atoms with Gasteiger partial charge in [0.1, 0.15) is 5.69 Å². The first-order chi connectivity index (χ1) is 12.5. The molecule has 0 radical (unpaired) electrons. The molecule has 3 aromatic rings. The van der Waals surface area contributed by atoms with Gasteiger partial charge in [-0.15, -0.1) is 0 Å². The quantitative estimate of drug-likeness (QED) is 0.481. The molecule has 0 amide bonds. The number of rotatable bonds is 6. The smallest absolute Gasteiger partial charge is 0.293 e. The van der Waals surface area contributed by atoms with Crippen molar-refractivity contribution in [2.75, 3.05) is 18.0 Å². The molecule has 7 heteroatoms. The maximum Gasteiger partial charge on any atom is 0.293 e. The largest absolute Gasteiger partial charge is 0.367 e. The summed E-state index contributed by atoms with van der Waals surface area (Å²) in [6, 6.07) is 12.7. The second kappa shape index (κ2) is 7.35. The minimum atomic E-state index is -0.381. The number of benzene rings is 2. The van der Waals surface area contributed by atoms with Crippen LogP contribution in [0.5, 0.6) is 0 Å². The number of anilines is 1. The highest BCUT2D eigenvalue weighted by atomic mass is 16.6. The Kier molecular flexibility index (Phi) is 4.97. The minimum Gasteiger partial charge on any atom is -0.367 e. The van der Waals surface area contributed by atoms with Gasteiger partial charge in [-0.25, -0.2) is 0 Å². The molecule has 0 saturated heterocycles. The van der Waals surface area contributed by atoms with Gasteiger partial charge >= 0.3 is 0 Å². The summed E-state index contributed by atoms with van der Waals surface area (Å²) in [5.41, 5.74) is 3.11. The number of aryl methyl sites for hydroxylation is 1. The van der Waals surface area contributed by atoms with Crippen LogP contribution >= 0.6 is 0 Å². The van der Waals surface area contributed by atoms with E-state index in [-0.39, 0.29) is 16.5 Å². The van der Waals surface area contributed by atoms with Crippen molar-refractivity contribution in [3.8, 4) is 22.8 Å². The first kappa shape index (κ1) is 17.6. The van der Waals surface area contributed by atoms with Gasteiger partial charge in [-0.05, 0) is 32.9 Å². The van der Waals surface area contributed by atoms with Crippen molar-refractivity contribution in [2.24, 2.45) is 0 Å². The van der Waals surface area contributed by atoms with Gasteiger partial charge in [0, 0.05) is 30.3 Å². The molecule has 2 aromatic carbocycles. The normalized spacial score (nSPS) is 10.7. The summed E-state index contributed by atoms with van der Waals surface area (Å²) >= 11 is 0. The molecule has 0 aliphatic rings. The lowest BCUT2D eigenvalue weighted by Gasteiger charge is -2.20. The second-order valence-corrected chi connectivity index (χ2v) is 5.92. The van der Waals surface area contributed by atoms with Gasteiger partial charge in [0.25, 0.3) is 11.6 Å². The number of nitrogens with zero attached hydrogens (tertiary/aromatic N) is 4. The third-order valence-corrected chi connectivity index (χ3v) is 4.26. The van der Waals surface area contributed by atoms with Crippen LogP contribution in [0.4, 0.5) is 11.4 Å². The standard InChI is InChI=1S/C19H20N4O3/c1-4-22(5-2)16-11-10-15(12-17(16)23(24)25)19-20-18(21-26-19)14-8-6-13(3)7-9-14/h6-12H,4-5H2,1-3H3. The molecule has 0 saturated carbocycles. The molecular weight excluding hydrogens is 332 g/mol. The fourth-order valence-corrected chi connectivity index (χ4v) is 2.80. The molecule has 0 fully saturated rings. The summed E-state index contributed by atoms with van der Waals surface area (Å²) in [5.74, 6) is 0.713. The number of aromatic nitrogens is 2. The zero-order chi connectivity index (χ0) is 18.7. The zero-order valence-electron chi connectivity index (χ0n) is 15.0. The lowest BCUT2D eigenvalue weighted by Crippen LogP contribution is -2.22. The Morgan fingerprint density at radius 1 is 1.08 bits per heavy atom. The average Bonchev–Trinajstić information content (AvgIpc) is 3.13. The van der Waals surface area contributed by atoms with Crippen molar-refractivity contribution in [2.45, 2.75) is 20.8 Å². The Hall–Kier alpha value is -3.22. The van der Waals surface area contributed by atoms with Crippen molar-refractivity contribution in [3.05, 3.63) is 58.1 Å². The summed E-state index contributed by atoms with van der Waals surface area (Å²) in [5, 5.41) is 15.5. The molecule has 134 valence electrons. The van der Waals surface area contributed by atoms with Crippen LogP contribution in [-0.2, 0) is 0 Å². The minimum absolute atomic E-state index is 0.0290. The molecule has 7 nitrogen and oxygen atoms in total. The van der Waals surface area contributed by atoms with Crippen LogP contribution in [0.1, 0.15) is 19.4 Å². The van der Waals surface area contributed by atoms with Gasteiger partial charge in [0.15, 0.2) is 0 Å². The van der Waals surface area contributed by atoms with Crippen molar-refractivity contribution >= 4 is 11.4 Å². The maximum absolute atomic E-state index is 11.5. The molecule has 0 aliphatic heterocycles. The van der Waals surface area contributed by atoms with Crippen LogP contribution in [0.3, 0.4) is 0 Å². The molecular formula is C19H20N4O3. The van der Waals surface area contributed by atoms with Crippen LogP contribution in [0, 0.1) is 17.0 Å². The first-order valence-electron chi connectivity index (χ1n) is 8.48. The summed E-state index contributed by atoms with van der Waals surface area (Å²) in [7, 11) is 0. The van der Waals surface area contributed by atoms with E-state index in [2.05, 4.69) is 10.1 Å². The SMILES string of the molecule is CCN(CC)c1ccc(-c2nc(-c3ccc(C)cc3)no2)cc1[N+](=O)[O-]. The van der Waals surface area contributed by atoms with Gasteiger partial charge in [-0.3, -0.25) is 10.1 Å². The summed E-state index contributed by atoms with van der Waals surface area (Å²) in [6.45, 7) is 7.31. The Bertz CT molecular complexity index is 915. The van der Waals surface area contributed by atoms with E-state index in [0.717, 1.165) is 11.1 Å². The number of nitro benzene ring substituents is 1. The number of hydrogen-bond acceptors (Lipinski definition) is 6. The summed E-state index contributed by atoms with van der Waals surface area (Å²) in [4.78, 5) is 17.5. The number of hydrogen-bond donors (Lipinski definition) is 0. The third kappa shape index (κ3) is 3.42. The Labute approximate surface area is 151 Å². The van der Waals surface area contributed by atoms with Crippen molar-refractivity contribution in [1.82, 2.24) is 10.1 Å². The highest BCUT2D eigenvalue weighted by molar-refractivity contribution is 5.71. The maximum atomic E-state index is 11.5. The predicted octanol–water partition coefficient (Wildman–Crippen LogP) is 4.47. The van der Waals surface area contributed by atoms with Gasteiger partial charge in [0.2, 0.25) is 5.82 Å². The molecule has 26 heavy (non-hydrogen) atoms. The fraction of sp³-hybridized carbons (Fsp3) is 0.263. The Morgan fingerprint density at radius 2 is 1.73 bits per heavy atom. The van der Waals surface area contributed by atoms with E-state index < -0.39 is 0 Å². The number of nitro groups is 1. The Morgan fingerprint density at radius 3 is 2.35 bits per heavy atom. The van der Waals surface area contributed by atoms with Crippen LogP contribution < -0.4 is 4.90 Å². The third-order valence-electron chi connectivity index (χ3n) is 4.26. The monoisotopic (exact) mass is 352 g/mol. The summed E-state index contributed by atoms with van der Waals surface area (Å²) in [6.07, 6.45) is 0. The van der Waals surface area contributed by atoms with Gasteiger partial charge in [0.05, 0.1) is 4.92 Å². The summed E-state index contributed by atoms with van der Waals surface area (Å²) < 4.78 is 5.33. The predicted molar refractivity (Wildman–Crippen MR) is 100 cm³/mol. The Balaban J connectivity index is 1.98. The van der Waals surface area contributed by atoms with E-state index in [1.54, 1.807) is 12.1 Å². The lowest BCUT2D eigenvalue weighted by molar-refractivity contribution is -0.384. The van der Waals surface area contributed by atoms with Crippen LogP contribution in [0.2, 0.25) is 0 Å². The zero-order valence-corrected chi connectivity index (χ0v) is 15.0. The molecule has 1 aromatic heterocycles. The molecule has 3 rings (SSSR count). The van der Waals surface area contributed by atoms with Crippen molar-refractivity contribution in [1.29, 1.82) is 0 Å². The van der Waals surface area contributed by atoms with Crippen molar-refractivity contribution in [3.63, 3.8) is 0 Å². The lowest BCUT2D eigenvalue weighted by atomic mass is 10.1. The van der Waals surface area contributed by atoms with Crippen molar-refractivity contribution < 1.29 is 9.45 Å². The molecule has 0 atom stereocenters. The van der Waals surface area contributed by atoms with E-state index in [4.69, 9.17) is 4.52 Å². The van der Waals surface area contributed by atoms with E-state index in [0.29, 0.717) is 30.2 Å². The highest BCUT2D eigenvalue weighted by Gasteiger charge is 2.21. The fourth-order valence-electron chi connectivity index (χ4n) is 2.80. The first-order valence-corrected chi connectivity index (χ1v) is 8.48. The van der Waals surface area contributed by atoms with E-state index in [1.165, 1.54) is 6.07 Å². The molecule has 0 spiro atoms. The van der Waals surface area contributed by atoms with Gasteiger partial charge < -0.3 is 9.42 Å². The van der Waals surface area contributed by atoms with Crippen LogP contribution in [0.15, 0.2) is 47.0 Å². The molecule has 0 bridgehead atoms. The van der Waals surface area contributed by atoms with E-state index in [1.807, 2.05) is 49.9 Å². The van der Waals surface area contributed by atoms with Crippen LogP contribution in [0.25, 0.3) is 22.8 Å².